The SMILES string of the molecule is Cc1cc(N(CCC#N)C(=O)CSc2nnnn2CC(C)C)ccc1Cl. The number of amides is 1. The number of nitrogens with zero attached hydrogens (tertiary/aromatic N) is 6. The summed E-state index contributed by atoms with van der Waals surface area (Å²) in [5.41, 5.74) is 1.61. The molecule has 0 unspecified atom stereocenters. The highest BCUT2D eigenvalue weighted by atomic mass is 35.5. The molecule has 9 heteroatoms. The number of anilines is 1. The van der Waals surface area contributed by atoms with Gasteiger partial charge in [0.25, 0.3) is 0 Å². The first kappa shape index (κ1) is 20.2. The average Bonchev–Trinajstić information content (AvgIpc) is 3.02. The predicted molar refractivity (Wildman–Crippen MR) is 102 cm³/mol. The van der Waals surface area contributed by atoms with Crippen molar-refractivity contribution < 1.29 is 4.79 Å². The van der Waals surface area contributed by atoms with Gasteiger partial charge in [0.15, 0.2) is 0 Å². The van der Waals surface area contributed by atoms with E-state index in [0.717, 1.165) is 11.3 Å². The molecule has 0 aliphatic rings. The fourth-order valence-corrected chi connectivity index (χ4v) is 3.20. The van der Waals surface area contributed by atoms with E-state index in [4.69, 9.17) is 16.9 Å². The molecule has 0 N–H and O–H groups in total. The van der Waals surface area contributed by atoms with Gasteiger partial charge in [-0.3, -0.25) is 4.79 Å². The van der Waals surface area contributed by atoms with Crippen molar-refractivity contribution in [1.82, 2.24) is 20.2 Å². The smallest absolute Gasteiger partial charge is 0.237 e. The first-order valence-corrected chi connectivity index (χ1v) is 9.61. The molecule has 0 aliphatic carbocycles. The van der Waals surface area contributed by atoms with Gasteiger partial charge in [0.1, 0.15) is 0 Å². The molecule has 138 valence electrons. The molecular weight excluding hydrogens is 372 g/mol. The molecule has 1 aromatic heterocycles. The lowest BCUT2D eigenvalue weighted by molar-refractivity contribution is -0.116. The van der Waals surface area contributed by atoms with Crippen LogP contribution in [0.15, 0.2) is 23.4 Å². The van der Waals surface area contributed by atoms with E-state index >= 15 is 0 Å². The van der Waals surface area contributed by atoms with E-state index in [1.54, 1.807) is 21.7 Å². The van der Waals surface area contributed by atoms with Crippen LogP contribution >= 0.6 is 23.4 Å². The highest BCUT2D eigenvalue weighted by Crippen LogP contribution is 2.24. The fraction of sp³-hybridized carbons (Fsp3) is 0.471. The molecule has 0 saturated heterocycles. The van der Waals surface area contributed by atoms with Crippen LogP contribution in [0.1, 0.15) is 25.8 Å². The number of hydrogen-bond donors (Lipinski definition) is 0. The van der Waals surface area contributed by atoms with Crippen LogP contribution in [0.4, 0.5) is 5.69 Å². The lowest BCUT2D eigenvalue weighted by Crippen LogP contribution is -2.33. The minimum atomic E-state index is -0.105. The van der Waals surface area contributed by atoms with Crippen molar-refractivity contribution in [3.63, 3.8) is 0 Å². The van der Waals surface area contributed by atoms with Gasteiger partial charge in [-0.15, -0.1) is 5.10 Å². The summed E-state index contributed by atoms with van der Waals surface area (Å²) in [7, 11) is 0. The molecule has 26 heavy (non-hydrogen) atoms. The summed E-state index contributed by atoms with van der Waals surface area (Å²) in [5.74, 6) is 0.481. The van der Waals surface area contributed by atoms with Gasteiger partial charge >= 0.3 is 0 Å². The van der Waals surface area contributed by atoms with Crippen molar-refractivity contribution in [2.75, 3.05) is 17.2 Å². The number of thioether (sulfide) groups is 1. The van der Waals surface area contributed by atoms with Gasteiger partial charge in [0.05, 0.1) is 18.2 Å². The van der Waals surface area contributed by atoms with Gasteiger partial charge in [-0.05, 0) is 47.0 Å². The van der Waals surface area contributed by atoms with E-state index in [9.17, 15) is 4.79 Å². The predicted octanol–water partition coefficient (Wildman–Crippen LogP) is 3.33. The summed E-state index contributed by atoms with van der Waals surface area (Å²) in [6, 6.07) is 7.49. The van der Waals surface area contributed by atoms with Crippen molar-refractivity contribution >= 4 is 35.0 Å². The minimum absolute atomic E-state index is 0.105. The molecule has 7 nitrogen and oxygen atoms in total. The van der Waals surface area contributed by atoms with E-state index < -0.39 is 0 Å². The standard InChI is InChI=1S/C17H21ClN6OS/c1-12(2)10-24-17(20-21-22-24)26-11-16(25)23(8-4-7-19)14-5-6-15(18)13(3)9-14/h5-6,9,12H,4,8,10-11H2,1-3H3. The Morgan fingerprint density at radius 1 is 1.46 bits per heavy atom. The van der Waals surface area contributed by atoms with E-state index in [0.29, 0.717) is 29.2 Å². The maximum absolute atomic E-state index is 12.8. The second-order valence-corrected chi connectivity index (χ2v) is 7.56. The molecule has 2 rings (SSSR count). The zero-order valence-electron chi connectivity index (χ0n) is 15.0. The van der Waals surface area contributed by atoms with Crippen LogP contribution in [-0.4, -0.2) is 38.4 Å². The number of tetrazole rings is 1. The Morgan fingerprint density at radius 3 is 2.88 bits per heavy atom. The molecular formula is C17H21ClN6OS. The summed E-state index contributed by atoms with van der Waals surface area (Å²) in [5, 5.41) is 21.8. The molecule has 0 fully saturated rings. The Kier molecular flexibility index (Phi) is 7.42. The number of aromatic nitrogens is 4. The van der Waals surface area contributed by atoms with E-state index in [-0.39, 0.29) is 18.1 Å². The van der Waals surface area contributed by atoms with E-state index in [1.807, 2.05) is 13.0 Å². The number of halogens is 1. The maximum Gasteiger partial charge on any atom is 0.237 e. The number of nitriles is 1. The Hall–Kier alpha value is -2.11. The molecule has 0 radical (unpaired) electrons. The quantitative estimate of drug-likeness (QED) is 0.640. The molecule has 1 aromatic carbocycles. The molecule has 2 aromatic rings. The van der Waals surface area contributed by atoms with Crippen LogP contribution in [0.2, 0.25) is 5.02 Å². The molecule has 0 bridgehead atoms. The van der Waals surface area contributed by atoms with Crippen molar-refractivity contribution in [3.8, 4) is 6.07 Å². The van der Waals surface area contributed by atoms with Gasteiger partial charge in [0, 0.05) is 23.8 Å². The van der Waals surface area contributed by atoms with Crippen LogP contribution < -0.4 is 4.90 Å². The molecule has 0 atom stereocenters. The van der Waals surface area contributed by atoms with Gasteiger partial charge in [0.2, 0.25) is 11.1 Å². The summed E-state index contributed by atoms with van der Waals surface area (Å²) in [4.78, 5) is 14.4. The number of hydrogen-bond acceptors (Lipinski definition) is 6. The van der Waals surface area contributed by atoms with Gasteiger partial charge in [-0.25, -0.2) is 4.68 Å². The normalized spacial score (nSPS) is 10.8. The minimum Gasteiger partial charge on any atom is -0.311 e. The van der Waals surface area contributed by atoms with Crippen LogP contribution in [0, 0.1) is 24.2 Å². The van der Waals surface area contributed by atoms with Gasteiger partial charge < -0.3 is 4.90 Å². The summed E-state index contributed by atoms with van der Waals surface area (Å²) in [6.45, 7) is 7.06. The highest BCUT2D eigenvalue weighted by molar-refractivity contribution is 7.99. The summed E-state index contributed by atoms with van der Waals surface area (Å²) in [6.07, 6.45) is 0.253. The van der Waals surface area contributed by atoms with Crippen LogP contribution in [0.25, 0.3) is 0 Å². The lowest BCUT2D eigenvalue weighted by Gasteiger charge is -2.22. The largest absolute Gasteiger partial charge is 0.311 e. The van der Waals surface area contributed by atoms with Crippen LogP contribution in [0.3, 0.4) is 0 Å². The van der Waals surface area contributed by atoms with Gasteiger partial charge in [-0.2, -0.15) is 5.26 Å². The lowest BCUT2D eigenvalue weighted by atomic mass is 10.2. The van der Waals surface area contributed by atoms with Crippen molar-refractivity contribution in [1.29, 1.82) is 5.26 Å². The van der Waals surface area contributed by atoms with E-state index in [1.165, 1.54) is 11.8 Å². The Labute approximate surface area is 162 Å². The molecule has 0 saturated carbocycles. The summed E-state index contributed by atoms with van der Waals surface area (Å²) >= 11 is 7.37. The molecule has 1 amide bonds. The second-order valence-electron chi connectivity index (χ2n) is 6.21. The molecule has 0 spiro atoms. The average molecular weight is 393 g/mol. The van der Waals surface area contributed by atoms with Crippen molar-refractivity contribution in [2.24, 2.45) is 5.92 Å². The number of carbonyl (C=O) groups excluding carboxylic acids is 1. The first-order chi connectivity index (χ1) is 12.4. The highest BCUT2D eigenvalue weighted by Gasteiger charge is 2.18. The molecule has 0 aliphatic heterocycles. The molecule has 1 heterocycles. The van der Waals surface area contributed by atoms with Crippen molar-refractivity contribution in [3.05, 3.63) is 28.8 Å². The Bertz CT molecular complexity index is 801. The zero-order chi connectivity index (χ0) is 19.1. The van der Waals surface area contributed by atoms with E-state index in [2.05, 4.69) is 35.4 Å². The third kappa shape index (κ3) is 5.44. The Morgan fingerprint density at radius 2 is 2.23 bits per heavy atom. The summed E-state index contributed by atoms with van der Waals surface area (Å²) < 4.78 is 1.70. The monoisotopic (exact) mass is 392 g/mol. The number of aryl methyl sites for hydroxylation is 1. The topological polar surface area (TPSA) is 87.7 Å². The van der Waals surface area contributed by atoms with Crippen LogP contribution in [0.5, 0.6) is 0 Å². The number of rotatable bonds is 8. The maximum atomic E-state index is 12.8. The van der Waals surface area contributed by atoms with Gasteiger partial charge in [-0.1, -0.05) is 37.2 Å². The number of carbonyl (C=O) groups is 1. The Balaban J connectivity index is 2.11. The third-order valence-electron chi connectivity index (χ3n) is 3.56. The second kappa shape index (κ2) is 9.55. The number of benzene rings is 1. The third-order valence-corrected chi connectivity index (χ3v) is 4.93. The zero-order valence-corrected chi connectivity index (χ0v) is 16.6. The fourth-order valence-electron chi connectivity index (χ4n) is 2.32. The van der Waals surface area contributed by atoms with Crippen LogP contribution in [-0.2, 0) is 11.3 Å². The van der Waals surface area contributed by atoms with Crippen molar-refractivity contribution in [2.45, 2.75) is 38.9 Å². The first-order valence-electron chi connectivity index (χ1n) is 8.24.